The third-order valence-corrected chi connectivity index (χ3v) is 5.58. The first-order chi connectivity index (χ1) is 10.8. The molecule has 1 rings (SSSR count). The van der Waals surface area contributed by atoms with Crippen molar-refractivity contribution in [2.45, 2.75) is 39.6 Å². The molecular weight excluding hydrogens is 311 g/mol. The van der Waals surface area contributed by atoms with Crippen molar-refractivity contribution in [1.82, 2.24) is 9.62 Å². The highest BCUT2D eigenvalue weighted by molar-refractivity contribution is 7.89. The Kier molecular flexibility index (Phi) is 7.78. The van der Waals surface area contributed by atoms with Crippen molar-refractivity contribution in [3.8, 4) is 0 Å². The SMILES string of the molecule is [B]C(Cc1ccc(C)cc1)NC(=O)CCN(CC)S(=O)(=O)CC. The van der Waals surface area contributed by atoms with E-state index in [2.05, 4.69) is 5.32 Å². The molecule has 1 atom stereocenters. The Morgan fingerprint density at radius 3 is 2.39 bits per heavy atom. The van der Waals surface area contributed by atoms with Crippen LogP contribution in [0.15, 0.2) is 24.3 Å². The maximum atomic E-state index is 11.9. The molecular formula is C16H25BN2O3S. The molecule has 0 fully saturated rings. The molecule has 0 aliphatic rings. The zero-order chi connectivity index (χ0) is 17.5. The van der Waals surface area contributed by atoms with Gasteiger partial charge in [-0.05, 0) is 31.8 Å². The minimum absolute atomic E-state index is 0.0371. The van der Waals surface area contributed by atoms with Gasteiger partial charge >= 0.3 is 0 Å². The van der Waals surface area contributed by atoms with Crippen molar-refractivity contribution < 1.29 is 13.2 Å². The number of aryl methyl sites for hydroxylation is 1. The third-order valence-electron chi connectivity index (χ3n) is 3.62. The molecule has 2 radical (unpaired) electrons. The van der Waals surface area contributed by atoms with Gasteiger partial charge < -0.3 is 5.32 Å². The van der Waals surface area contributed by atoms with Crippen LogP contribution in [0, 0.1) is 6.92 Å². The lowest BCUT2D eigenvalue weighted by Gasteiger charge is -2.20. The summed E-state index contributed by atoms with van der Waals surface area (Å²) in [5.41, 5.74) is 2.22. The summed E-state index contributed by atoms with van der Waals surface area (Å²) in [6.07, 6.45) is 0.644. The summed E-state index contributed by atoms with van der Waals surface area (Å²) in [6.45, 7) is 5.90. The van der Waals surface area contributed by atoms with Gasteiger partial charge in [0.15, 0.2) is 0 Å². The smallest absolute Gasteiger partial charge is 0.220 e. The van der Waals surface area contributed by atoms with Gasteiger partial charge in [-0.1, -0.05) is 36.8 Å². The Balaban J connectivity index is 2.45. The topological polar surface area (TPSA) is 66.5 Å². The van der Waals surface area contributed by atoms with Crippen LogP contribution in [0.3, 0.4) is 0 Å². The monoisotopic (exact) mass is 336 g/mol. The first-order valence-corrected chi connectivity index (χ1v) is 9.47. The number of nitrogens with zero attached hydrogens (tertiary/aromatic N) is 1. The Hall–Kier alpha value is -1.34. The molecule has 0 heterocycles. The number of hydrogen-bond acceptors (Lipinski definition) is 3. The van der Waals surface area contributed by atoms with Crippen LogP contribution in [-0.4, -0.2) is 51.3 Å². The van der Waals surface area contributed by atoms with Crippen LogP contribution in [-0.2, 0) is 21.2 Å². The summed E-state index contributed by atoms with van der Waals surface area (Å²) in [7, 11) is 2.67. The van der Waals surface area contributed by atoms with E-state index in [0.717, 1.165) is 5.56 Å². The molecule has 5 nitrogen and oxygen atoms in total. The van der Waals surface area contributed by atoms with Gasteiger partial charge in [0.25, 0.3) is 0 Å². The molecule has 1 N–H and O–H groups in total. The maximum Gasteiger partial charge on any atom is 0.220 e. The maximum absolute atomic E-state index is 11.9. The second-order valence-electron chi connectivity index (χ2n) is 5.51. The van der Waals surface area contributed by atoms with Crippen LogP contribution in [0.2, 0.25) is 0 Å². The average Bonchev–Trinajstić information content (AvgIpc) is 2.49. The largest absolute Gasteiger partial charge is 0.362 e. The minimum atomic E-state index is -3.27. The molecule has 0 aliphatic carbocycles. The van der Waals surface area contributed by atoms with Gasteiger partial charge in [-0.25, -0.2) is 12.7 Å². The number of hydrogen-bond donors (Lipinski definition) is 1. The van der Waals surface area contributed by atoms with E-state index in [0.29, 0.717) is 13.0 Å². The Bertz CT molecular complexity index is 602. The first-order valence-electron chi connectivity index (χ1n) is 7.86. The number of sulfonamides is 1. The quantitative estimate of drug-likeness (QED) is 0.690. The predicted molar refractivity (Wildman–Crippen MR) is 93.9 cm³/mol. The molecule has 0 aliphatic heterocycles. The predicted octanol–water partition coefficient (Wildman–Crippen LogP) is 1.21. The molecule has 1 aromatic rings. The van der Waals surface area contributed by atoms with Crippen molar-refractivity contribution in [1.29, 1.82) is 0 Å². The standard InChI is InChI=1S/C16H25BN2O3S/c1-4-19(23(21,22)5-2)11-10-16(20)18-15(17)12-14-8-6-13(3)7-9-14/h6-9,15H,4-5,10-12H2,1-3H3,(H,18,20). The van der Waals surface area contributed by atoms with Crippen molar-refractivity contribution in [2.24, 2.45) is 0 Å². The van der Waals surface area contributed by atoms with E-state index < -0.39 is 16.0 Å². The first kappa shape index (κ1) is 19.7. The fourth-order valence-electron chi connectivity index (χ4n) is 2.21. The molecule has 0 spiro atoms. The zero-order valence-electron chi connectivity index (χ0n) is 14.1. The number of amides is 1. The normalized spacial score (nSPS) is 13.0. The molecule has 1 amide bonds. The molecule has 126 valence electrons. The highest BCUT2D eigenvalue weighted by atomic mass is 32.2. The van der Waals surface area contributed by atoms with Gasteiger partial charge in [-0.3, -0.25) is 4.79 Å². The molecule has 0 saturated heterocycles. The lowest BCUT2D eigenvalue weighted by molar-refractivity contribution is -0.121. The second-order valence-corrected chi connectivity index (χ2v) is 7.76. The summed E-state index contributed by atoms with van der Waals surface area (Å²) >= 11 is 0. The van der Waals surface area contributed by atoms with E-state index in [1.807, 2.05) is 31.2 Å². The van der Waals surface area contributed by atoms with Gasteiger partial charge in [-0.2, -0.15) is 0 Å². The van der Waals surface area contributed by atoms with Gasteiger partial charge in [0.2, 0.25) is 15.9 Å². The van der Waals surface area contributed by atoms with Crippen molar-refractivity contribution >= 4 is 23.8 Å². The molecule has 23 heavy (non-hydrogen) atoms. The zero-order valence-corrected chi connectivity index (χ0v) is 14.9. The van der Waals surface area contributed by atoms with E-state index in [4.69, 9.17) is 7.85 Å². The molecule has 1 unspecified atom stereocenters. The van der Waals surface area contributed by atoms with E-state index in [-0.39, 0.29) is 24.6 Å². The second kappa shape index (κ2) is 9.08. The van der Waals surface area contributed by atoms with E-state index >= 15 is 0 Å². The fraction of sp³-hybridized carbons (Fsp3) is 0.562. The lowest BCUT2D eigenvalue weighted by Crippen LogP contribution is -2.40. The highest BCUT2D eigenvalue weighted by Crippen LogP contribution is 2.06. The van der Waals surface area contributed by atoms with Gasteiger partial charge in [0, 0.05) is 19.5 Å². The van der Waals surface area contributed by atoms with Crippen LogP contribution in [0.4, 0.5) is 0 Å². The van der Waals surface area contributed by atoms with E-state index in [1.165, 1.54) is 9.87 Å². The van der Waals surface area contributed by atoms with E-state index in [1.54, 1.807) is 13.8 Å². The van der Waals surface area contributed by atoms with E-state index in [9.17, 15) is 13.2 Å². The lowest BCUT2D eigenvalue weighted by atomic mass is 9.89. The van der Waals surface area contributed by atoms with Crippen LogP contribution in [0.1, 0.15) is 31.4 Å². The molecule has 7 heteroatoms. The van der Waals surface area contributed by atoms with Crippen LogP contribution >= 0.6 is 0 Å². The Morgan fingerprint density at radius 1 is 1.26 bits per heavy atom. The third kappa shape index (κ3) is 6.75. The molecule has 1 aromatic carbocycles. The molecule has 0 bridgehead atoms. The summed E-state index contributed by atoms with van der Waals surface area (Å²) in [5, 5.41) is 2.71. The number of nitrogens with one attached hydrogen (secondary N) is 1. The Morgan fingerprint density at radius 2 is 1.87 bits per heavy atom. The Labute approximate surface area is 140 Å². The summed E-state index contributed by atoms with van der Waals surface area (Å²) < 4.78 is 24.9. The van der Waals surface area contributed by atoms with Crippen molar-refractivity contribution in [3.63, 3.8) is 0 Å². The minimum Gasteiger partial charge on any atom is -0.362 e. The fourth-order valence-corrected chi connectivity index (χ4v) is 3.34. The van der Waals surface area contributed by atoms with Gasteiger partial charge in [0.05, 0.1) is 13.6 Å². The molecule has 0 aromatic heterocycles. The number of carbonyl (C=O) groups excluding carboxylic acids is 1. The number of benzene rings is 1. The van der Waals surface area contributed by atoms with Gasteiger partial charge in [-0.15, -0.1) is 0 Å². The average molecular weight is 336 g/mol. The van der Waals surface area contributed by atoms with Crippen LogP contribution in [0.25, 0.3) is 0 Å². The highest BCUT2D eigenvalue weighted by Gasteiger charge is 2.19. The van der Waals surface area contributed by atoms with Crippen LogP contribution in [0.5, 0.6) is 0 Å². The van der Waals surface area contributed by atoms with Crippen molar-refractivity contribution in [3.05, 3.63) is 35.4 Å². The van der Waals surface area contributed by atoms with Crippen molar-refractivity contribution in [2.75, 3.05) is 18.8 Å². The summed E-state index contributed by atoms with van der Waals surface area (Å²) in [4.78, 5) is 11.9. The summed E-state index contributed by atoms with van der Waals surface area (Å²) in [5.74, 6) is -0.688. The van der Waals surface area contributed by atoms with Gasteiger partial charge in [0.1, 0.15) is 0 Å². The van der Waals surface area contributed by atoms with Crippen LogP contribution < -0.4 is 5.32 Å². The number of carbonyl (C=O) groups is 1. The summed E-state index contributed by atoms with van der Waals surface area (Å²) in [6, 6.07) is 7.96. The molecule has 0 saturated carbocycles. The number of rotatable bonds is 9.